The first-order valence-electron chi connectivity index (χ1n) is 10.2. The van der Waals surface area contributed by atoms with E-state index in [-0.39, 0.29) is 28.6 Å². The summed E-state index contributed by atoms with van der Waals surface area (Å²) in [6.45, 7) is 7.41. The lowest BCUT2D eigenvalue weighted by Crippen LogP contribution is -2.58. The number of likely N-dealkylation sites (N-methyl/N-ethyl adjacent to an activating group) is 1. The van der Waals surface area contributed by atoms with Gasteiger partial charge in [-0.1, -0.05) is 32.9 Å². The van der Waals surface area contributed by atoms with Crippen molar-refractivity contribution in [1.82, 2.24) is 13.9 Å². The fraction of sp³-hybridized carbons (Fsp3) is 0.667. The molecule has 29 heavy (non-hydrogen) atoms. The average molecular weight is 424 g/mol. The van der Waals surface area contributed by atoms with Crippen molar-refractivity contribution in [2.75, 3.05) is 13.6 Å². The summed E-state index contributed by atoms with van der Waals surface area (Å²) in [6.07, 6.45) is 3.31. The lowest BCUT2D eigenvalue weighted by molar-refractivity contribution is -0.137. The molecular weight excluding hydrogens is 393 g/mol. The van der Waals surface area contributed by atoms with Crippen LogP contribution in [0.5, 0.6) is 0 Å². The molecule has 2 saturated heterocycles. The van der Waals surface area contributed by atoms with Gasteiger partial charge in [-0.05, 0) is 54.2 Å². The Kier molecular flexibility index (Phi) is 4.83. The van der Waals surface area contributed by atoms with Crippen molar-refractivity contribution < 1.29 is 17.6 Å². The zero-order chi connectivity index (χ0) is 21.2. The Labute approximate surface area is 172 Å². The molecule has 1 amide bonds. The van der Waals surface area contributed by atoms with Gasteiger partial charge in [-0.3, -0.25) is 4.79 Å². The van der Waals surface area contributed by atoms with Crippen LogP contribution >= 0.6 is 0 Å². The monoisotopic (exact) mass is 423 g/mol. The van der Waals surface area contributed by atoms with Gasteiger partial charge < -0.3 is 4.90 Å². The van der Waals surface area contributed by atoms with Gasteiger partial charge in [-0.2, -0.15) is 17.4 Å². The van der Waals surface area contributed by atoms with Crippen LogP contribution in [0.4, 0.5) is 4.39 Å². The van der Waals surface area contributed by atoms with Crippen molar-refractivity contribution in [3.63, 3.8) is 0 Å². The molecular formula is C21H30FN3O3S. The minimum absolute atomic E-state index is 0.0861. The third-order valence-electron chi connectivity index (χ3n) is 6.82. The molecule has 160 valence electrons. The second kappa shape index (κ2) is 6.75. The van der Waals surface area contributed by atoms with Gasteiger partial charge in [-0.25, -0.2) is 4.39 Å². The molecule has 1 aromatic rings. The van der Waals surface area contributed by atoms with E-state index >= 15 is 0 Å². The molecule has 0 radical (unpaired) electrons. The van der Waals surface area contributed by atoms with E-state index in [1.54, 1.807) is 12.1 Å². The van der Waals surface area contributed by atoms with E-state index in [1.807, 2.05) is 4.90 Å². The molecule has 4 rings (SSSR count). The van der Waals surface area contributed by atoms with Gasteiger partial charge in [-0.15, -0.1) is 0 Å². The predicted molar refractivity (Wildman–Crippen MR) is 109 cm³/mol. The highest BCUT2D eigenvalue weighted by atomic mass is 32.2. The van der Waals surface area contributed by atoms with Crippen molar-refractivity contribution in [3.05, 3.63) is 35.6 Å². The maximum absolute atomic E-state index is 13.6. The molecule has 1 aliphatic carbocycles. The van der Waals surface area contributed by atoms with Gasteiger partial charge in [0.05, 0.1) is 0 Å². The third kappa shape index (κ3) is 3.82. The molecule has 8 heteroatoms. The average Bonchev–Trinajstić information content (AvgIpc) is 2.86. The molecule has 2 heterocycles. The molecule has 0 spiro atoms. The van der Waals surface area contributed by atoms with Crippen molar-refractivity contribution in [1.29, 1.82) is 0 Å². The van der Waals surface area contributed by atoms with Crippen molar-refractivity contribution in [3.8, 4) is 0 Å². The Bertz CT molecular complexity index is 918. The van der Waals surface area contributed by atoms with Crippen LogP contribution in [-0.4, -0.2) is 49.2 Å². The minimum Gasteiger partial charge on any atom is -0.338 e. The van der Waals surface area contributed by atoms with Crippen LogP contribution in [0, 0.1) is 16.6 Å². The van der Waals surface area contributed by atoms with Crippen LogP contribution in [-0.2, 0) is 15.0 Å². The molecule has 0 aromatic heterocycles. The van der Waals surface area contributed by atoms with Gasteiger partial charge >= 0.3 is 0 Å². The van der Waals surface area contributed by atoms with Crippen LogP contribution in [0.15, 0.2) is 24.3 Å². The summed E-state index contributed by atoms with van der Waals surface area (Å²) >= 11 is 0. The van der Waals surface area contributed by atoms with E-state index in [9.17, 15) is 17.6 Å². The maximum atomic E-state index is 13.6. The van der Waals surface area contributed by atoms with Gasteiger partial charge in [0.15, 0.2) is 0 Å². The van der Waals surface area contributed by atoms with Crippen LogP contribution in [0.1, 0.15) is 58.1 Å². The number of fused-ring (bicyclic) bond motifs is 2. The van der Waals surface area contributed by atoms with Crippen molar-refractivity contribution in [2.24, 2.45) is 10.8 Å². The fourth-order valence-corrected chi connectivity index (χ4v) is 7.18. The topological polar surface area (TPSA) is 69.7 Å². The van der Waals surface area contributed by atoms with E-state index < -0.39 is 22.3 Å². The van der Waals surface area contributed by atoms with Crippen molar-refractivity contribution >= 4 is 16.1 Å². The number of halogens is 1. The number of amides is 1. The van der Waals surface area contributed by atoms with E-state index in [0.717, 1.165) is 23.6 Å². The summed E-state index contributed by atoms with van der Waals surface area (Å²) in [6, 6.07) is 4.61. The number of nitrogens with one attached hydrogen (secondary N) is 1. The first-order valence-corrected chi connectivity index (χ1v) is 11.6. The van der Waals surface area contributed by atoms with Gasteiger partial charge in [0.2, 0.25) is 5.91 Å². The number of hydrogen-bond acceptors (Lipinski definition) is 3. The number of nitrogens with zero attached hydrogens (tertiary/aromatic N) is 2. The quantitative estimate of drug-likeness (QED) is 0.795. The maximum Gasteiger partial charge on any atom is 0.280 e. The molecule has 2 bridgehead atoms. The second-order valence-corrected chi connectivity index (χ2v) is 11.9. The molecule has 0 unspecified atom stereocenters. The summed E-state index contributed by atoms with van der Waals surface area (Å²) in [4.78, 5) is 15.5. The minimum atomic E-state index is -3.81. The normalized spacial score (nSPS) is 36.2. The highest BCUT2D eigenvalue weighted by molar-refractivity contribution is 7.87. The third-order valence-corrected chi connectivity index (χ3v) is 8.42. The fourth-order valence-electron chi connectivity index (χ4n) is 5.91. The number of hydrogen-bond donors (Lipinski definition) is 1. The number of carbonyl (C=O) groups is 1. The number of rotatable bonds is 2. The molecule has 1 aromatic carbocycles. The van der Waals surface area contributed by atoms with Gasteiger partial charge in [0, 0.05) is 25.7 Å². The summed E-state index contributed by atoms with van der Waals surface area (Å²) in [5.41, 5.74) is 0.923. The van der Waals surface area contributed by atoms with Crippen LogP contribution in [0.25, 0.3) is 0 Å². The van der Waals surface area contributed by atoms with Gasteiger partial charge in [0.1, 0.15) is 11.9 Å². The smallest absolute Gasteiger partial charge is 0.280 e. The number of likely N-dealkylation sites (tertiary alicyclic amines) is 1. The summed E-state index contributed by atoms with van der Waals surface area (Å²) in [7, 11) is -2.35. The number of carbonyl (C=O) groups excluding carboxylic acids is 1. The van der Waals surface area contributed by atoms with Gasteiger partial charge in [0.25, 0.3) is 10.2 Å². The van der Waals surface area contributed by atoms with Crippen LogP contribution in [0.2, 0.25) is 0 Å². The Hall–Kier alpha value is -1.51. The van der Waals surface area contributed by atoms with Crippen LogP contribution < -0.4 is 4.72 Å². The summed E-state index contributed by atoms with van der Waals surface area (Å²) < 4.78 is 42.5. The lowest BCUT2D eigenvalue weighted by atomic mass is 9.65. The molecule has 2 aliphatic heterocycles. The highest BCUT2D eigenvalue weighted by Crippen LogP contribution is 2.52. The zero-order valence-electron chi connectivity index (χ0n) is 17.5. The van der Waals surface area contributed by atoms with E-state index in [1.165, 1.54) is 19.2 Å². The Morgan fingerprint density at radius 2 is 1.83 bits per heavy atom. The molecule has 1 saturated carbocycles. The molecule has 3 aliphatic rings. The Balaban J connectivity index is 1.61. The Morgan fingerprint density at radius 3 is 2.48 bits per heavy atom. The standard InChI is InChI=1S/C21H30FN3O3S/c1-20(2)10-16-11-21(3,12-20)13-25(16)19(26)18-9-17(23-29(27,28)24(18)4)14-5-7-15(22)8-6-14/h5-8,16-18,23H,9-13H2,1-4H3/t16-,17+,18-,21+/m1/s1. The summed E-state index contributed by atoms with van der Waals surface area (Å²) in [5, 5.41) is 0. The molecule has 4 atom stereocenters. The molecule has 6 nitrogen and oxygen atoms in total. The van der Waals surface area contributed by atoms with Crippen molar-refractivity contribution in [2.45, 2.75) is 64.6 Å². The highest BCUT2D eigenvalue weighted by Gasteiger charge is 2.53. The second-order valence-electron chi connectivity index (χ2n) is 10.2. The SMILES string of the molecule is CN1[C@@H](C(=O)N2C[C@@]3(C)C[C@H]2CC(C)(C)C3)C[C@@H](c2ccc(F)cc2)NS1(=O)=O. The Morgan fingerprint density at radius 1 is 1.17 bits per heavy atom. The zero-order valence-corrected chi connectivity index (χ0v) is 18.3. The first-order chi connectivity index (χ1) is 13.4. The molecule has 1 N–H and O–H groups in total. The summed E-state index contributed by atoms with van der Waals surface area (Å²) in [5.74, 6) is -0.492. The largest absolute Gasteiger partial charge is 0.338 e. The molecule has 3 fully saturated rings. The van der Waals surface area contributed by atoms with Crippen LogP contribution in [0.3, 0.4) is 0 Å². The van der Waals surface area contributed by atoms with E-state index in [2.05, 4.69) is 25.5 Å². The first kappa shape index (κ1) is 20.8. The van der Waals surface area contributed by atoms with E-state index in [4.69, 9.17) is 0 Å². The lowest BCUT2D eigenvalue weighted by Gasteiger charge is -2.41. The van der Waals surface area contributed by atoms with E-state index in [0.29, 0.717) is 18.5 Å². The predicted octanol–water partition coefficient (Wildman–Crippen LogP) is 2.83. The number of benzene rings is 1.